The number of rotatable bonds is 6. The van der Waals surface area contributed by atoms with Gasteiger partial charge in [0.1, 0.15) is 0 Å². The van der Waals surface area contributed by atoms with Crippen LogP contribution in [0.3, 0.4) is 0 Å². The quantitative estimate of drug-likeness (QED) is 0.744. The summed E-state index contributed by atoms with van der Waals surface area (Å²) in [5.41, 5.74) is 0.766. The normalized spacial score (nSPS) is 11.7. The van der Waals surface area contributed by atoms with Crippen LogP contribution in [0.25, 0.3) is 0 Å². The summed E-state index contributed by atoms with van der Waals surface area (Å²) in [6, 6.07) is 9.15. The Hall–Kier alpha value is -1.88. The van der Waals surface area contributed by atoms with Crippen LogP contribution in [0.1, 0.15) is 13.3 Å². The third kappa shape index (κ3) is 5.45. The summed E-state index contributed by atoms with van der Waals surface area (Å²) in [6.07, 6.45) is 0.298. The third-order valence-electron chi connectivity index (χ3n) is 2.37. The number of carbonyl (C=O) groups excluding carboxylic acids is 2. The predicted octanol–water partition coefficient (Wildman–Crippen LogP) is 1.17. The summed E-state index contributed by atoms with van der Waals surface area (Å²) >= 11 is 0. The Morgan fingerprint density at radius 3 is 2.56 bits per heavy atom. The van der Waals surface area contributed by atoms with Crippen molar-refractivity contribution in [3.63, 3.8) is 0 Å². The number of anilines is 1. The number of para-hydroxylation sites is 1. The molecular weight excluding hydrogens is 232 g/mol. The summed E-state index contributed by atoms with van der Waals surface area (Å²) in [5.74, 6) is -0.434. The van der Waals surface area contributed by atoms with E-state index in [1.54, 1.807) is 0 Å². The Balaban J connectivity index is 2.29. The Labute approximate surface area is 107 Å². The van der Waals surface area contributed by atoms with E-state index in [-0.39, 0.29) is 24.5 Å². The van der Waals surface area contributed by atoms with Gasteiger partial charge in [0.25, 0.3) is 0 Å². The van der Waals surface area contributed by atoms with Gasteiger partial charge in [0.15, 0.2) is 0 Å². The first-order chi connectivity index (χ1) is 8.61. The highest BCUT2D eigenvalue weighted by Gasteiger charge is 2.10. The minimum atomic E-state index is -0.342. The first-order valence-corrected chi connectivity index (χ1v) is 5.77. The van der Waals surface area contributed by atoms with Crippen molar-refractivity contribution in [2.45, 2.75) is 19.4 Å². The first kappa shape index (κ1) is 14.2. The average molecular weight is 250 g/mol. The minimum Gasteiger partial charge on any atom is -0.468 e. The van der Waals surface area contributed by atoms with Crippen molar-refractivity contribution in [3.05, 3.63) is 30.3 Å². The fourth-order valence-electron chi connectivity index (χ4n) is 1.41. The Morgan fingerprint density at radius 2 is 1.94 bits per heavy atom. The van der Waals surface area contributed by atoms with Crippen LogP contribution < -0.4 is 10.6 Å². The van der Waals surface area contributed by atoms with Crippen LogP contribution in [0, 0.1) is 0 Å². The second-order valence-electron chi connectivity index (χ2n) is 3.98. The molecule has 1 amide bonds. The fraction of sp³-hybridized carbons (Fsp3) is 0.385. The van der Waals surface area contributed by atoms with Crippen LogP contribution >= 0.6 is 0 Å². The molecule has 0 radical (unpaired) electrons. The van der Waals surface area contributed by atoms with E-state index in [0.717, 1.165) is 5.69 Å². The molecule has 0 aliphatic rings. The molecule has 1 aromatic rings. The fourth-order valence-corrected chi connectivity index (χ4v) is 1.41. The molecule has 5 heteroatoms. The van der Waals surface area contributed by atoms with Crippen molar-refractivity contribution in [3.8, 4) is 0 Å². The van der Waals surface area contributed by atoms with E-state index >= 15 is 0 Å². The van der Waals surface area contributed by atoms with E-state index in [4.69, 9.17) is 0 Å². The van der Waals surface area contributed by atoms with Gasteiger partial charge in [-0.25, -0.2) is 0 Å². The smallest absolute Gasteiger partial charge is 0.319 e. The van der Waals surface area contributed by atoms with Crippen molar-refractivity contribution in [2.24, 2.45) is 0 Å². The third-order valence-corrected chi connectivity index (χ3v) is 2.37. The number of methoxy groups -OCH3 is 1. The summed E-state index contributed by atoms with van der Waals surface area (Å²) in [6.45, 7) is 1.95. The van der Waals surface area contributed by atoms with Crippen molar-refractivity contribution >= 4 is 17.6 Å². The van der Waals surface area contributed by atoms with Crippen LogP contribution in [-0.2, 0) is 14.3 Å². The number of ether oxygens (including phenoxy) is 1. The molecule has 0 bridgehead atoms. The van der Waals surface area contributed by atoms with Gasteiger partial charge in [-0.05, 0) is 19.1 Å². The SMILES string of the molecule is COC(=O)CNC(C)CC(=O)Nc1ccccc1. The van der Waals surface area contributed by atoms with Crippen molar-refractivity contribution in [1.29, 1.82) is 0 Å². The molecule has 5 nitrogen and oxygen atoms in total. The van der Waals surface area contributed by atoms with E-state index in [1.807, 2.05) is 37.3 Å². The molecule has 1 unspecified atom stereocenters. The number of benzene rings is 1. The van der Waals surface area contributed by atoms with Gasteiger partial charge in [-0.1, -0.05) is 18.2 Å². The molecular formula is C13H18N2O3. The summed E-state index contributed by atoms with van der Waals surface area (Å²) in [5, 5.41) is 5.69. The molecule has 0 aliphatic carbocycles. The predicted molar refractivity (Wildman–Crippen MR) is 69.2 cm³/mol. The molecule has 0 aliphatic heterocycles. The number of esters is 1. The van der Waals surface area contributed by atoms with E-state index in [2.05, 4.69) is 15.4 Å². The maximum Gasteiger partial charge on any atom is 0.319 e. The largest absolute Gasteiger partial charge is 0.468 e. The molecule has 0 aromatic heterocycles. The standard InChI is InChI=1S/C13H18N2O3/c1-10(14-9-13(17)18-2)8-12(16)15-11-6-4-3-5-7-11/h3-7,10,14H,8-9H2,1-2H3,(H,15,16). The molecule has 0 saturated carbocycles. The van der Waals surface area contributed by atoms with Gasteiger partial charge in [-0.3, -0.25) is 9.59 Å². The first-order valence-electron chi connectivity index (χ1n) is 5.77. The van der Waals surface area contributed by atoms with Crippen molar-refractivity contribution in [1.82, 2.24) is 5.32 Å². The molecule has 0 spiro atoms. The van der Waals surface area contributed by atoms with Gasteiger partial charge in [0.2, 0.25) is 5.91 Å². The van der Waals surface area contributed by atoms with Crippen molar-refractivity contribution < 1.29 is 14.3 Å². The molecule has 98 valence electrons. The lowest BCUT2D eigenvalue weighted by atomic mass is 10.2. The zero-order chi connectivity index (χ0) is 13.4. The lowest BCUT2D eigenvalue weighted by Gasteiger charge is -2.12. The second-order valence-corrected chi connectivity index (χ2v) is 3.98. The molecule has 0 fully saturated rings. The second kappa shape index (κ2) is 7.45. The number of carbonyl (C=O) groups is 2. The zero-order valence-corrected chi connectivity index (χ0v) is 10.6. The topological polar surface area (TPSA) is 67.4 Å². The molecule has 2 N–H and O–H groups in total. The molecule has 0 heterocycles. The van der Waals surface area contributed by atoms with Crippen LogP contribution in [-0.4, -0.2) is 31.6 Å². The molecule has 1 atom stereocenters. The monoisotopic (exact) mass is 250 g/mol. The highest BCUT2D eigenvalue weighted by atomic mass is 16.5. The maximum atomic E-state index is 11.7. The Bertz CT molecular complexity index is 392. The summed E-state index contributed by atoms with van der Waals surface area (Å²) in [4.78, 5) is 22.6. The highest BCUT2D eigenvalue weighted by Crippen LogP contribution is 2.06. The van der Waals surface area contributed by atoms with Gasteiger partial charge < -0.3 is 15.4 Å². The minimum absolute atomic E-state index is 0.0900. The lowest BCUT2D eigenvalue weighted by molar-refractivity contribution is -0.139. The summed E-state index contributed by atoms with van der Waals surface area (Å²) in [7, 11) is 1.33. The molecule has 1 rings (SSSR count). The van der Waals surface area contributed by atoms with Gasteiger partial charge in [0.05, 0.1) is 13.7 Å². The summed E-state index contributed by atoms with van der Waals surface area (Å²) < 4.78 is 4.50. The van der Waals surface area contributed by atoms with Gasteiger partial charge in [-0.2, -0.15) is 0 Å². The number of nitrogens with one attached hydrogen (secondary N) is 2. The van der Waals surface area contributed by atoms with Crippen LogP contribution in [0.2, 0.25) is 0 Å². The Morgan fingerprint density at radius 1 is 1.28 bits per heavy atom. The van der Waals surface area contributed by atoms with E-state index in [9.17, 15) is 9.59 Å². The van der Waals surface area contributed by atoms with E-state index < -0.39 is 0 Å². The van der Waals surface area contributed by atoms with Crippen molar-refractivity contribution in [2.75, 3.05) is 19.0 Å². The number of hydrogen-bond acceptors (Lipinski definition) is 4. The van der Waals surface area contributed by atoms with Gasteiger partial charge in [-0.15, -0.1) is 0 Å². The Kier molecular flexibility index (Phi) is 5.87. The van der Waals surface area contributed by atoms with Gasteiger partial charge >= 0.3 is 5.97 Å². The average Bonchev–Trinajstić information content (AvgIpc) is 2.37. The van der Waals surface area contributed by atoms with Crippen LogP contribution in [0.4, 0.5) is 5.69 Å². The highest BCUT2D eigenvalue weighted by molar-refractivity contribution is 5.91. The van der Waals surface area contributed by atoms with Crippen LogP contribution in [0.5, 0.6) is 0 Å². The van der Waals surface area contributed by atoms with E-state index in [0.29, 0.717) is 6.42 Å². The number of hydrogen-bond donors (Lipinski definition) is 2. The molecule has 0 saturated heterocycles. The van der Waals surface area contributed by atoms with E-state index in [1.165, 1.54) is 7.11 Å². The number of amides is 1. The molecule has 18 heavy (non-hydrogen) atoms. The lowest BCUT2D eigenvalue weighted by Crippen LogP contribution is -2.34. The zero-order valence-electron chi connectivity index (χ0n) is 10.6. The van der Waals surface area contributed by atoms with Crippen LogP contribution in [0.15, 0.2) is 30.3 Å². The molecule has 1 aromatic carbocycles. The van der Waals surface area contributed by atoms with Gasteiger partial charge in [0, 0.05) is 18.2 Å². The maximum absolute atomic E-state index is 11.7.